The molecule has 2 rings (SSSR count). The molecule has 0 spiro atoms. The molecule has 2 nitrogen and oxygen atoms in total. The summed E-state index contributed by atoms with van der Waals surface area (Å²) in [7, 11) is 0. The number of anilines is 1. The third-order valence-corrected chi connectivity index (χ3v) is 3.12. The molecular formula is C13H10BrClFNO. The average molecular weight is 331 g/mol. The Balaban J connectivity index is 2.13. The fourth-order valence-corrected chi connectivity index (χ4v) is 2.14. The summed E-state index contributed by atoms with van der Waals surface area (Å²) in [5.41, 5.74) is 6.87. The number of nitrogens with two attached hydrogens (primary N) is 1. The molecule has 0 atom stereocenters. The summed E-state index contributed by atoms with van der Waals surface area (Å²) in [6.45, 7) is 0.187. The van der Waals surface area contributed by atoms with Crippen molar-refractivity contribution in [2.75, 3.05) is 5.73 Å². The summed E-state index contributed by atoms with van der Waals surface area (Å²) in [5.74, 6) is 0.258. The van der Waals surface area contributed by atoms with Crippen LogP contribution in [0.3, 0.4) is 0 Å². The lowest BCUT2D eigenvalue weighted by molar-refractivity contribution is 0.305. The van der Waals surface area contributed by atoms with Gasteiger partial charge in [-0.1, -0.05) is 27.5 Å². The van der Waals surface area contributed by atoms with Gasteiger partial charge in [0.25, 0.3) is 0 Å². The van der Waals surface area contributed by atoms with E-state index in [1.807, 2.05) is 0 Å². The maximum Gasteiger partial charge on any atom is 0.123 e. The predicted molar refractivity (Wildman–Crippen MR) is 74.3 cm³/mol. The normalized spacial score (nSPS) is 10.4. The van der Waals surface area contributed by atoms with E-state index in [-0.39, 0.29) is 12.4 Å². The van der Waals surface area contributed by atoms with Gasteiger partial charge in [-0.25, -0.2) is 4.39 Å². The first kappa shape index (κ1) is 13.2. The maximum atomic E-state index is 13.1. The number of rotatable bonds is 3. The minimum Gasteiger partial charge on any atom is -0.489 e. The molecule has 0 radical (unpaired) electrons. The van der Waals surface area contributed by atoms with E-state index in [1.165, 1.54) is 18.2 Å². The monoisotopic (exact) mass is 329 g/mol. The van der Waals surface area contributed by atoms with Crippen molar-refractivity contribution in [1.29, 1.82) is 0 Å². The largest absolute Gasteiger partial charge is 0.489 e. The number of halogens is 3. The summed E-state index contributed by atoms with van der Waals surface area (Å²) >= 11 is 9.26. The molecule has 0 fully saturated rings. The van der Waals surface area contributed by atoms with Crippen LogP contribution in [0, 0.1) is 5.82 Å². The Bertz CT molecular complexity index is 557. The van der Waals surface area contributed by atoms with Crippen LogP contribution in [0.5, 0.6) is 5.75 Å². The van der Waals surface area contributed by atoms with Crippen LogP contribution in [0.1, 0.15) is 5.56 Å². The van der Waals surface area contributed by atoms with Gasteiger partial charge in [0.1, 0.15) is 18.2 Å². The summed E-state index contributed by atoms with van der Waals surface area (Å²) in [6.07, 6.45) is 0. The first-order valence-corrected chi connectivity index (χ1v) is 6.34. The molecule has 2 aromatic carbocycles. The molecule has 0 aliphatic carbocycles. The molecule has 2 aromatic rings. The summed E-state index contributed by atoms with van der Waals surface area (Å²) in [6, 6.07) is 9.40. The Morgan fingerprint density at radius 3 is 2.72 bits per heavy atom. The Morgan fingerprint density at radius 1 is 1.22 bits per heavy atom. The van der Waals surface area contributed by atoms with E-state index in [9.17, 15) is 4.39 Å². The molecule has 0 bridgehead atoms. The second kappa shape index (κ2) is 5.59. The predicted octanol–water partition coefficient (Wildman–Crippen LogP) is 4.40. The number of hydrogen-bond donors (Lipinski definition) is 1. The molecule has 94 valence electrons. The van der Waals surface area contributed by atoms with Crippen molar-refractivity contribution < 1.29 is 9.13 Å². The number of hydrogen-bond acceptors (Lipinski definition) is 2. The van der Waals surface area contributed by atoms with E-state index >= 15 is 0 Å². The molecule has 18 heavy (non-hydrogen) atoms. The zero-order valence-corrected chi connectivity index (χ0v) is 11.6. The van der Waals surface area contributed by atoms with Crippen LogP contribution in [0.4, 0.5) is 10.1 Å². The van der Waals surface area contributed by atoms with Crippen LogP contribution in [0.2, 0.25) is 5.02 Å². The maximum absolute atomic E-state index is 13.1. The lowest BCUT2D eigenvalue weighted by Gasteiger charge is -2.09. The zero-order valence-electron chi connectivity index (χ0n) is 9.29. The van der Waals surface area contributed by atoms with Crippen molar-refractivity contribution >= 4 is 33.2 Å². The van der Waals surface area contributed by atoms with Gasteiger partial charge in [0.2, 0.25) is 0 Å². The standard InChI is InChI=1S/C13H10BrClFNO/c14-9-4-11(17)6-12(5-9)18-7-8-3-10(16)1-2-13(8)15/h1-6H,7,17H2. The van der Waals surface area contributed by atoms with Gasteiger partial charge in [0.05, 0.1) is 0 Å². The number of benzene rings is 2. The van der Waals surface area contributed by atoms with Gasteiger partial charge in [0, 0.05) is 26.8 Å². The molecule has 0 unspecified atom stereocenters. The van der Waals surface area contributed by atoms with Crippen LogP contribution in [0.25, 0.3) is 0 Å². The molecule has 0 heterocycles. The smallest absolute Gasteiger partial charge is 0.123 e. The van der Waals surface area contributed by atoms with Gasteiger partial charge >= 0.3 is 0 Å². The molecule has 5 heteroatoms. The lowest BCUT2D eigenvalue weighted by Crippen LogP contribution is -1.98. The minimum absolute atomic E-state index is 0.187. The van der Waals surface area contributed by atoms with Gasteiger partial charge < -0.3 is 10.5 Å². The quantitative estimate of drug-likeness (QED) is 0.846. The first-order chi connectivity index (χ1) is 8.54. The Kier molecular flexibility index (Phi) is 4.09. The van der Waals surface area contributed by atoms with Crippen molar-refractivity contribution in [3.8, 4) is 5.75 Å². The second-order valence-corrected chi connectivity index (χ2v) is 5.07. The third-order valence-electron chi connectivity index (χ3n) is 2.30. The zero-order chi connectivity index (χ0) is 13.1. The highest BCUT2D eigenvalue weighted by atomic mass is 79.9. The van der Waals surface area contributed by atoms with E-state index in [2.05, 4.69) is 15.9 Å². The van der Waals surface area contributed by atoms with Gasteiger partial charge in [-0.2, -0.15) is 0 Å². The van der Waals surface area contributed by atoms with Crippen molar-refractivity contribution in [2.45, 2.75) is 6.61 Å². The Labute approximate surface area is 118 Å². The SMILES string of the molecule is Nc1cc(Br)cc(OCc2cc(F)ccc2Cl)c1. The molecular weight excluding hydrogens is 321 g/mol. The van der Waals surface area contributed by atoms with Crippen LogP contribution in [-0.4, -0.2) is 0 Å². The Hall–Kier alpha value is -1.26. The molecule has 2 N–H and O–H groups in total. The van der Waals surface area contributed by atoms with Crippen LogP contribution >= 0.6 is 27.5 Å². The first-order valence-electron chi connectivity index (χ1n) is 5.17. The van der Waals surface area contributed by atoms with E-state index in [0.717, 1.165) is 4.47 Å². The van der Waals surface area contributed by atoms with Crippen molar-refractivity contribution in [3.05, 3.63) is 57.3 Å². The van der Waals surface area contributed by atoms with Gasteiger partial charge in [-0.15, -0.1) is 0 Å². The van der Waals surface area contributed by atoms with Crippen LogP contribution in [-0.2, 0) is 6.61 Å². The fourth-order valence-electron chi connectivity index (χ4n) is 1.48. The molecule has 0 aliphatic rings. The highest BCUT2D eigenvalue weighted by molar-refractivity contribution is 9.10. The third kappa shape index (κ3) is 3.37. The molecule has 0 saturated carbocycles. The number of ether oxygens (including phenoxy) is 1. The molecule has 0 amide bonds. The highest BCUT2D eigenvalue weighted by Gasteiger charge is 2.04. The fraction of sp³-hybridized carbons (Fsp3) is 0.0769. The van der Waals surface area contributed by atoms with Crippen molar-refractivity contribution in [1.82, 2.24) is 0 Å². The molecule has 0 saturated heterocycles. The molecule has 0 aliphatic heterocycles. The van der Waals surface area contributed by atoms with Crippen molar-refractivity contribution in [3.63, 3.8) is 0 Å². The Morgan fingerprint density at radius 2 is 2.00 bits per heavy atom. The lowest BCUT2D eigenvalue weighted by atomic mass is 10.2. The van der Waals surface area contributed by atoms with E-state index in [1.54, 1.807) is 18.2 Å². The van der Waals surface area contributed by atoms with Gasteiger partial charge in [-0.05, 0) is 30.3 Å². The summed E-state index contributed by atoms with van der Waals surface area (Å²) in [5, 5.41) is 0.472. The van der Waals surface area contributed by atoms with E-state index in [0.29, 0.717) is 22.0 Å². The number of nitrogen functional groups attached to an aromatic ring is 1. The average Bonchev–Trinajstić information content (AvgIpc) is 2.29. The molecule has 0 aromatic heterocycles. The van der Waals surface area contributed by atoms with Crippen LogP contribution < -0.4 is 10.5 Å². The topological polar surface area (TPSA) is 35.2 Å². The van der Waals surface area contributed by atoms with Crippen LogP contribution in [0.15, 0.2) is 40.9 Å². The van der Waals surface area contributed by atoms with E-state index in [4.69, 9.17) is 22.1 Å². The second-order valence-electron chi connectivity index (χ2n) is 3.74. The van der Waals surface area contributed by atoms with Gasteiger partial charge in [0.15, 0.2) is 0 Å². The van der Waals surface area contributed by atoms with Crippen molar-refractivity contribution in [2.24, 2.45) is 0 Å². The summed E-state index contributed by atoms with van der Waals surface area (Å²) in [4.78, 5) is 0. The van der Waals surface area contributed by atoms with Gasteiger partial charge in [-0.3, -0.25) is 0 Å². The summed E-state index contributed by atoms with van der Waals surface area (Å²) < 4.78 is 19.4. The highest BCUT2D eigenvalue weighted by Crippen LogP contribution is 2.25. The van der Waals surface area contributed by atoms with E-state index < -0.39 is 0 Å². The minimum atomic E-state index is -0.341.